The Labute approximate surface area is 220 Å². The molecule has 0 saturated carbocycles. The second-order valence-electron chi connectivity index (χ2n) is 8.97. The molecule has 1 aliphatic heterocycles. The number of imidazole rings is 1. The molecule has 3 aromatic heterocycles. The summed E-state index contributed by atoms with van der Waals surface area (Å²) in [5.41, 5.74) is 3.46. The van der Waals surface area contributed by atoms with Crippen molar-refractivity contribution in [3.05, 3.63) is 116 Å². The third-order valence-electron chi connectivity index (χ3n) is 6.72. The first-order chi connectivity index (χ1) is 17.9. The van der Waals surface area contributed by atoms with Crippen LogP contribution in [-0.4, -0.2) is 31.7 Å². The first-order valence-corrected chi connectivity index (χ1v) is 12.5. The second-order valence-corrected chi connectivity index (χ2v) is 9.73. The number of amides is 1. The number of carbonyl (C=O) groups is 1. The van der Waals surface area contributed by atoms with Gasteiger partial charge in [-0.15, -0.1) is 0 Å². The van der Waals surface area contributed by atoms with Gasteiger partial charge in [-0.05, 0) is 23.8 Å². The lowest BCUT2D eigenvalue weighted by atomic mass is 10.0. The van der Waals surface area contributed by atoms with E-state index in [0.717, 1.165) is 17.1 Å². The molecule has 5 aromatic rings. The van der Waals surface area contributed by atoms with Gasteiger partial charge in [0.25, 0.3) is 17.3 Å². The average Bonchev–Trinajstić information content (AvgIpc) is 3.48. The fraction of sp³-hybridized carbons (Fsp3) is 0.148. The molecule has 2 aromatic carbocycles. The van der Waals surface area contributed by atoms with Crippen molar-refractivity contribution < 1.29 is 13.8 Å². The molecule has 1 amide bonds. The molecule has 0 saturated heterocycles. The zero-order valence-electron chi connectivity index (χ0n) is 19.5. The average molecular weight is 537 g/mol. The van der Waals surface area contributed by atoms with Crippen molar-refractivity contribution >= 4 is 34.6 Å². The van der Waals surface area contributed by atoms with Gasteiger partial charge in [0.1, 0.15) is 35.8 Å². The molecule has 1 aliphatic rings. The van der Waals surface area contributed by atoms with Gasteiger partial charge in [0.2, 0.25) is 0 Å². The molecule has 4 heterocycles. The van der Waals surface area contributed by atoms with Crippen LogP contribution in [0.4, 0.5) is 4.39 Å². The highest BCUT2D eigenvalue weighted by atomic mass is 35.5. The summed E-state index contributed by atoms with van der Waals surface area (Å²) in [6.07, 6.45) is 3.78. The summed E-state index contributed by atoms with van der Waals surface area (Å²) < 4.78 is 18.6. The van der Waals surface area contributed by atoms with Crippen LogP contribution in [0.15, 0.2) is 71.8 Å². The number of aromatic nitrogens is 4. The van der Waals surface area contributed by atoms with Crippen LogP contribution in [0.25, 0.3) is 16.8 Å². The predicted molar refractivity (Wildman–Crippen MR) is 138 cm³/mol. The van der Waals surface area contributed by atoms with Crippen LogP contribution < -0.4 is 10.1 Å². The highest BCUT2D eigenvalue weighted by Gasteiger charge is 2.31. The van der Waals surface area contributed by atoms with Crippen LogP contribution in [0.2, 0.25) is 10.2 Å². The first-order valence-electron chi connectivity index (χ1n) is 11.7. The number of aromatic amines is 2. The molecule has 0 atom stereocenters. The summed E-state index contributed by atoms with van der Waals surface area (Å²) >= 11 is 12.5. The molecule has 0 bridgehead atoms. The van der Waals surface area contributed by atoms with E-state index in [1.807, 2.05) is 36.5 Å². The second kappa shape index (κ2) is 9.21. The Balaban J connectivity index is 1.27. The Morgan fingerprint density at radius 3 is 2.68 bits per heavy atom. The molecule has 186 valence electrons. The molecule has 10 heteroatoms. The van der Waals surface area contributed by atoms with E-state index in [0.29, 0.717) is 42.8 Å². The zero-order chi connectivity index (χ0) is 25.7. The lowest BCUT2D eigenvalue weighted by molar-refractivity contribution is -0.699. The minimum absolute atomic E-state index is 0.00177. The number of hydrogen-bond donors (Lipinski definition) is 2. The summed E-state index contributed by atoms with van der Waals surface area (Å²) in [4.78, 5) is 33.2. The Bertz CT molecular complexity index is 1720. The van der Waals surface area contributed by atoms with Crippen LogP contribution in [0.3, 0.4) is 0 Å². The number of nitrogens with one attached hydrogen (secondary N) is 2. The van der Waals surface area contributed by atoms with Gasteiger partial charge in [-0.1, -0.05) is 59.6 Å². The minimum Gasteiger partial charge on any atom is -0.326 e. The van der Waals surface area contributed by atoms with E-state index in [4.69, 9.17) is 23.2 Å². The number of nitrogens with zero attached hydrogens (tertiary/aromatic N) is 3. The number of H-pyrrole nitrogens is 2. The molecule has 0 aliphatic carbocycles. The molecular formula is C27H21Cl2FN5O2+. The molecule has 37 heavy (non-hydrogen) atoms. The monoisotopic (exact) mass is 536 g/mol. The van der Waals surface area contributed by atoms with Gasteiger partial charge in [0.15, 0.2) is 5.69 Å². The number of halogens is 3. The first kappa shape index (κ1) is 23.5. The fourth-order valence-electron chi connectivity index (χ4n) is 4.89. The normalized spacial score (nSPS) is 13.2. The number of hydrogen-bond acceptors (Lipinski definition) is 2. The largest absolute Gasteiger partial charge is 0.326 e. The lowest BCUT2D eigenvalue weighted by Crippen LogP contribution is -2.52. The van der Waals surface area contributed by atoms with Crippen molar-refractivity contribution in [3.63, 3.8) is 0 Å². The van der Waals surface area contributed by atoms with Crippen molar-refractivity contribution in [1.29, 1.82) is 0 Å². The Morgan fingerprint density at radius 2 is 1.86 bits per heavy atom. The van der Waals surface area contributed by atoms with Gasteiger partial charge in [-0.2, -0.15) is 0 Å². The van der Waals surface area contributed by atoms with Crippen LogP contribution in [0.1, 0.15) is 27.4 Å². The molecule has 0 unspecified atom stereocenters. The number of benzene rings is 2. The number of rotatable bonds is 4. The predicted octanol–water partition coefficient (Wildman–Crippen LogP) is 4.60. The Kier molecular flexibility index (Phi) is 5.85. The maximum Gasteiger partial charge on any atom is 0.274 e. The van der Waals surface area contributed by atoms with Crippen molar-refractivity contribution in [2.24, 2.45) is 0 Å². The van der Waals surface area contributed by atoms with Crippen molar-refractivity contribution in [2.75, 3.05) is 6.54 Å². The Morgan fingerprint density at radius 1 is 1.05 bits per heavy atom. The van der Waals surface area contributed by atoms with E-state index in [2.05, 4.69) is 14.5 Å². The molecule has 0 spiro atoms. The van der Waals surface area contributed by atoms with E-state index in [1.54, 1.807) is 27.6 Å². The topological polar surface area (TPSA) is 77.2 Å². The third-order valence-corrected chi connectivity index (χ3v) is 7.47. The summed E-state index contributed by atoms with van der Waals surface area (Å²) in [6.45, 7) is 1.39. The highest BCUT2D eigenvalue weighted by molar-refractivity contribution is 6.42. The molecular weight excluding hydrogens is 516 g/mol. The molecule has 0 radical (unpaired) electrons. The summed E-state index contributed by atoms with van der Waals surface area (Å²) in [6, 6.07) is 16.0. The highest BCUT2D eigenvalue weighted by Crippen LogP contribution is 2.27. The van der Waals surface area contributed by atoms with Crippen LogP contribution in [-0.2, 0) is 19.5 Å². The van der Waals surface area contributed by atoms with E-state index in [-0.39, 0.29) is 27.2 Å². The maximum atomic E-state index is 14.9. The fourth-order valence-corrected chi connectivity index (χ4v) is 5.33. The van der Waals surface area contributed by atoms with Crippen molar-refractivity contribution in [2.45, 2.75) is 19.5 Å². The molecule has 6 rings (SSSR count). The lowest BCUT2D eigenvalue weighted by Gasteiger charge is -2.25. The van der Waals surface area contributed by atoms with E-state index >= 15 is 0 Å². The molecule has 0 fully saturated rings. The zero-order valence-corrected chi connectivity index (χ0v) is 21.0. The SMILES string of the molecule is O=C(c1cc(Cc2c[nH]c(=O)c3cc(Cl)c(Cl)n23)ccc1F)N1CC[n+]2c(-c3ccccc3)c[nH]c2C1. The van der Waals surface area contributed by atoms with Gasteiger partial charge in [0.05, 0.1) is 17.1 Å². The van der Waals surface area contributed by atoms with E-state index in [1.165, 1.54) is 12.1 Å². The quantitative estimate of drug-likeness (QED) is 0.329. The summed E-state index contributed by atoms with van der Waals surface area (Å²) in [5, 5.41) is 0.482. The Hall–Kier alpha value is -3.88. The molecule has 2 N–H and O–H groups in total. The smallest absolute Gasteiger partial charge is 0.274 e. The van der Waals surface area contributed by atoms with Gasteiger partial charge >= 0.3 is 0 Å². The third kappa shape index (κ3) is 4.12. The van der Waals surface area contributed by atoms with E-state index in [9.17, 15) is 14.0 Å². The van der Waals surface area contributed by atoms with Crippen LogP contribution in [0.5, 0.6) is 0 Å². The maximum absolute atomic E-state index is 14.9. The van der Waals surface area contributed by atoms with Crippen molar-refractivity contribution in [3.8, 4) is 11.3 Å². The standard InChI is InChI=1S/C27H20Cl2FN5O2/c28-20-12-22-26(36)32-13-18(35(22)25(20)29)10-16-6-7-21(30)19(11-16)27(37)33-8-9-34-23(14-31-24(34)15-33)17-4-2-1-3-5-17/h1-7,11-14H,8-10,15H2,(H,32,36)/p+1. The summed E-state index contributed by atoms with van der Waals surface area (Å²) in [5.74, 6) is -0.0859. The van der Waals surface area contributed by atoms with Crippen LogP contribution >= 0.6 is 23.2 Å². The minimum atomic E-state index is -0.586. The number of fused-ring (bicyclic) bond motifs is 2. The van der Waals surface area contributed by atoms with E-state index < -0.39 is 5.82 Å². The van der Waals surface area contributed by atoms with Gasteiger partial charge < -0.3 is 9.88 Å². The number of carbonyl (C=O) groups excluding carboxylic acids is 1. The van der Waals surface area contributed by atoms with Crippen LogP contribution in [0, 0.1) is 5.82 Å². The van der Waals surface area contributed by atoms with Gasteiger partial charge in [0, 0.05) is 23.9 Å². The molecule has 7 nitrogen and oxygen atoms in total. The van der Waals surface area contributed by atoms with Gasteiger partial charge in [-0.25, -0.2) is 13.9 Å². The van der Waals surface area contributed by atoms with Gasteiger partial charge in [-0.3, -0.25) is 14.0 Å². The summed E-state index contributed by atoms with van der Waals surface area (Å²) in [7, 11) is 0. The van der Waals surface area contributed by atoms with Crippen molar-refractivity contribution in [1.82, 2.24) is 19.3 Å².